The van der Waals surface area contributed by atoms with Crippen molar-refractivity contribution in [2.45, 2.75) is 26.3 Å². The summed E-state index contributed by atoms with van der Waals surface area (Å²) in [6.07, 6.45) is 2.28. The number of hydrogen-bond donors (Lipinski definition) is 1. The van der Waals surface area contributed by atoms with Crippen LogP contribution in [0.4, 0.5) is 5.82 Å². The minimum atomic E-state index is 1.03. The molecule has 1 aromatic heterocycles. The minimum Gasteiger partial charge on any atom is -0.368 e. The van der Waals surface area contributed by atoms with Crippen LogP contribution in [0.3, 0.4) is 0 Å². The molecule has 0 radical (unpaired) electrons. The molecule has 1 N–H and O–H groups in total. The quantitative estimate of drug-likeness (QED) is 0.689. The Hall–Kier alpha value is -0.990. The van der Waals surface area contributed by atoms with Gasteiger partial charge in [-0.25, -0.2) is 4.68 Å². The summed E-state index contributed by atoms with van der Waals surface area (Å²) < 4.78 is 2.05. The smallest absolute Gasteiger partial charge is 0.124 e. The summed E-state index contributed by atoms with van der Waals surface area (Å²) in [4.78, 5) is 0. The van der Waals surface area contributed by atoms with Crippen molar-refractivity contribution in [2.24, 2.45) is 0 Å². The van der Waals surface area contributed by atoms with Crippen LogP contribution in [0.15, 0.2) is 6.07 Å². The van der Waals surface area contributed by atoms with Crippen LogP contribution in [0.1, 0.15) is 19.0 Å². The van der Waals surface area contributed by atoms with E-state index in [-0.39, 0.29) is 0 Å². The fourth-order valence-corrected chi connectivity index (χ4v) is 1.45. The number of aryl methyl sites for hydroxylation is 1. The van der Waals surface area contributed by atoms with Gasteiger partial charge in [0.25, 0.3) is 0 Å². The van der Waals surface area contributed by atoms with Gasteiger partial charge < -0.3 is 5.32 Å². The maximum Gasteiger partial charge on any atom is 0.124 e. The van der Waals surface area contributed by atoms with Crippen LogP contribution in [0.5, 0.6) is 0 Å². The lowest BCUT2D eigenvalue weighted by molar-refractivity contribution is 0.674. The van der Waals surface area contributed by atoms with Crippen LogP contribution in [0.2, 0.25) is 0 Å². The first kappa shape index (κ1) is 6.70. The number of nitrogens with one attached hydrogen (secondary N) is 1. The number of anilines is 1. The standard InChI is InChI=1S/C8H13N3/c1-2-3-7-6-8-9-4-5-11(8)10-7/h6,9H,2-5H2,1H3. The van der Waals surface area contributed by atoms with Crippen LogP contribution >= 0.6 is 0 Å². The van der Waals surface area contributed by atoms with Crippen LogP contribution in [0, 0.1) is 0 Å². The zero-order chi connectivity index (χ0) is 7.68. The van der Waals surface area contributed by atoms with Gasteiger partial charge in [-0.1, -0.05) is 13.3 Å². The third-order valence-corrected chi connectivity index (χ3v) is 1.97. The Morgan fingerprint density at radius 2 is 2.64 bits per heavy atom. The van der Waals surface area contributed by atoms with Crippen LogP contribution in [-0.2, 0) is 13.0 Å². The molecule has 0 spiro atoms. The molecule has 0 saturated heterocycles. The minimum absolute atomic E-state index is 1.03. The van der Waals surface area contributed by atoms with Gasteiger partial charge in [0, 0.05) is 12.6 Å². The summed E-state index contributed by atoms with van der Waals surface area (Å²) in [6.45, 7) is 4.24. The van der Waals surface area contributed by atoms with Crippen LogP contribution < -0.4 is 5.32 Å². The van der Waals surface area contributed by atoms with Gasteiger partial charge in [0.2, 0.25) is 0 Å². The lowest BCUT2D eigenvalue weighted by atomic mass is 10.2. The number of rotatable bonds is 2. The zero-order valence-corrected chi connectivity index (χ0v) is 6.80. The van der Waals surface area contributed by atoms with Crippen molar-refractivity contribution in [3.8, 4) is 0 Å². The van der Waals surface area contributed by atoms with E-state index in [0.717, 1.165) is 19.5 Å². The van der Waals surface area contributed by atoms with Crippen molar-refractivity contribution in [1.82, 2.24) is 9.78 Å². The number of nitrogens with zero attached hydrogens (tertiary/aromatic N) is 2. The predicted octanol–water partition coefficient (Wildman–Crippen LogP) is 1.26. The SMILES string of the molecule is CCCc1cc2n(n1)CCN2. The first-order chi connectivity index (χ1) is 5.40. The van der Waals surface area contributed by atoms with Gasteiger partial charge in [-0.2, -0.15) is 5.10 Å². The molecule has 0 saturated carbocycles. The Kier molecular flexibility index (Phi) is 1.56. The Morgan fingerprint density at radius 1 is 1.73 bits per heavy atom. The highest BCUT2D eigenvalue weighted by molar-refractivity contribution is 5.39. The molecule has 1 aliphatic heterocycles. The van der Waals surface area contributed by atoms with Crippen molar-refractivity contribution in [1.29, 1.82) is 0 Å². The van der Waals surface area contributed by atoms with Gasteiger partial charge in [0.15, 0.2) is 0 Å². The summed E-state index contributed by atoms with van der Waals surface area (Å²) in [6, 6.07) is 2.15. The van der Waals surface area contributed by atoms with E-state index in [0.29, 0.717) is 0 Å². The highest BCUT2D eigenvalue weighted by Gasteiger charge is 2.11. The van der Waals surface area contributed by atoms with E-state index in [1.807, 2.05) is 4.68 Å². The second-order valence-electron chi connectivity index (χ2n) is 2.92. The Morgan fingerprint density at radius 3 is 3.36 bits per heavy atom. The summed E-state index contributed by atoms with van der Waals surface area (Å²) in [7, 11) is 0. The molecule has 3 nitrogen and oxygen atoms in total. The fourth-order valence-electron chi connectivity index (χ4n) is 1.45. The summed E-state index contributed by atoms with van der Waals surface area (Å²) in [5, 5.41) is 7.71. The van der Waals surface area contributed by atoms with Gasteiger partial charge in [-0.15, -0.1) is 0 Å². The molecule has 0 unspecified atom stereocenters. The van der Waals surface area contributed by atoms with E-state index in [2.05, 4.69) is 23.4 Å². The lowest BCUT2D eigenvalue weighted by Crippen LogP contribution is -1.98. The van der Waals surface area contributed by atoms with Crippen LogP contribution in [-0.4, -0.2) is 16.3 Å². The third kappa shape index (κ3) is 1.11. The average molecular weight is 151 g/mol. The van der Waals surface area contributed by atoms with Gasteiger partial charge in [0.1, 0.15) is 5.82 Å². The molecule has 0 amide bonds. The van der Waals surface area contributed by atoms with E-state index < -0.39 is 0 Å². The average Bonchev–Trinajstić information content (AvgIpc) is 2.46. The van der Waals surface area contributed by atoms with E-state index >= 15 is 0 Å². The van der Waals surface area contributed by atoms with Crippen LogP contribution in [0.25, 0.3) is 0 Å². The normalized spacial score (nSPS) is 14.6. The molecule has 2 heterocycles. The number of aromatic nitrogens is 2. The first-order valence-corrected chi connectivity index (χ1v) is 4.21. The lowest BCUT2D eigenvalue weighted by Gasteiger charge is -1.90. The van der Waals surface area contributed by atoms with Crippen molar-refractivity contribution in [3.63, 3.8) is 0 Å². The Balaban J connectivity index is 2.20. The van der Waals surface area contributed by atoms with Gasteiger partial charge in [-0.05, 0) is 6.42 Å². The van der Waals surface area contributed by atoms with E-state index in [9.17, 15) is 0 Å². The Labute approximate surface area is 66.4 Å². The second kappa shape index (κ2) is 2.57. The van der Waals surface area contributed by atoms with Gasteiger partial charge in [-0.3, -0.25) is 0 Å². The molecule has 0 fully saturated rings. The third-order valence-electron chi connectivity index (χ3n) is 1.97. The molecule has 0 aromatic carbocycles. The first-order valence-electron chi connectivity index (χ1n) is 4.21. The van der Waals surface area contributed by atoms with Crippen molar-refractivity contribution < 1.29 is 0 Å². The molecular weight excluding hydrogens is 138 g/mol. The summed E-state index contributed by atoms with van der Waals surface area (Å²) in [5.41, 5.74) is 1.22. The molecule has 1 aromatic rings. The monoisotopic (exact) mass is 151 g/mol. The maximum absolute atomic E-state index is 4.43. The largest absolute Gasteiger partial charge is 0.368 e. The predicted molar refractivity (Wildman–Crippen MR) is 44.7 cm³/mol. The fraction of sp³-hybridized carbons (Fsp3) is 0.625. The highest BCUT2D eigenvalue weighted by atomic mass is 15.4. The molecule has 60 valence electrons. The number of fused-ring (bicyclic) bond motifs is 1. The van der Waals surface area contributed by atoms with E-state index in [1.165, 1.54) is 17.9 Å². The van der Waals surface area contributed by atoms with Crippen molar-refractivity contribution in [3.05, 3.63) is 11.8 Å². The molecule has 1 aliphatic rings. The molecule has 0 bridgehead atoms. The van der Waals surface area contributed by atoms with Crippen molar-refractivity contribution >= 4 is 5.82 Å². The molecule has 0 aliphatic carbocycles. The Bertz CT molecular complexity index is 230. The molecular formula is C8H13N3. The molecule has 0 atom stereocenters. The summed E-state index contributed by atoms with van der Waals surface area (Å²) in [5.74, 6) is 1.19. The van der Waals surface area contributed by atoms with Crippen molar-refractivity contribution in [2.75, 3.05) is 11.9 Å². The number of hydrogen-bond acceptors (Lipinski definition) is 2. The van der Waals surface area contributed by atoms with Gasteiger partial charge >= 0.3 is 0 Å². The molecule has 3 heteroatoms. The maximum atomic E-state index is 4.43. The second-order valence-corrected chi connectivity index (χ2v) is 2.92. The van der Waals surface area contributed by atoms with Gasteiger partial charge in [0.05, 0.1) is 12.2 Å². The van der Waals surface area contributed by atoms with E-state index in [4.69, 9.17) is 0 Å². The topological polar surface area (TPSA) is 29.9 Å². The molecule has 11 heavy (non-hydrogen) atoms. The molecule has 2 rings (SSSR count). The summed E-state index contributed by atoms with van der Waals surface area (Å²) >= 11 is 0. The zero-order valence-electron chi connectivity index (χ0n) is 6.80. The highest BCUT2D eigenvalue weighted by Crippen LogP contribution is 2.15. The van der Waals surface area contributed by atoms with E-state index in [1.54, 1.807) is 0 Å².